The monoisotopic (exact) mass is 448 g/mol. The summed E-state index contributed by atoms with van der Waals surface area (Å²) >= 11 is 11.9. The Labute approximate surface area is 169 Å². The molecular weight excluding hydrogens is 431 g/mol. The molecule has 0 saturated carbocycles. The number of fused-ring (bicyclic) bond motifs is 1. The molecule has 0 aliphatic carbocycles. The van der Waals surface area contributed by atoms with Crippen LogP contribution in [0.4, 0.5) is 11.4 Å². The Hall–Kier alpha value is -1.48. The van der Waals surface area contributed by atoms with E-state index in [9.17, 15) is 16.8 Å². The number of halogens is 2. The van der Waals surface area contributed by atoms with Gasteiger partial charge in [-0.05, 0) is 55.7 Å². The highest BCUT2D eigenvalue weighted by atomic mass is 35.5. The summed E-state index contributed by atoms with van der Waals surface area (Å²) in [5.41, 5.74) is 1.62. The normalized spacial score (nSPS) is 14.7. The van der Waals surface area contributed by atoms with Crippen molar-refractivity contribution in [3.05, 3.63) is 52.0 Å². The molecular formula is C17H18Cl2N2O4S2. The average Bonchev–Trinajstić information content (AvgIpc) is 2.62. The number of aryl methyl sites for hydroxylation is 1. The molecule has 2 aromatic carbocycles. The van der Waals surface area contributed by atoms with Crippen LogP contribution in [0, 0.1) is 0 Å². The van der Waals surface area contributed by atoms with Gasteiger partial charge in [-0.3, -0.25) is 9.03 Å². The third kappa shape index (κ3) is 4.18. The molecule has 1 heterocycles. The first-order chi connectivity index (χ1) is 12.6. The first-order valence-electron chi connectivity index (χ1n) is 8.25. The van der Waals surface area contributed by atoms with Crippen LogP contribution in [0.3, 0.4) is 0 Å². The van der Waals surface area contributed by atoms with Crippen molar-refractivity contribution in [1.82, 2.24) is 0 Å². The Morgan fingerprint density at radius 3 is 2.52 bits per heavy atom. The molecule has 0 fully saturated rings. The maximum absolute atomic E-state index is 12.7. The van der Waals surface area contributed by atoms with E-state index in [1.54, 1.807) is 19.1 Å². The molecule has 0 unspecified atom stereocenters. The van der Waals surface area contributed by atoms with E-state index in [-0.39, 0.29) is 26.4 Å². The SMILES string of the molecule is CCS(=O)(=O)N1CCCc2ccc(NS(=O)(=O)c3cc(Cl)ccc3Cl)cc21. The molecule has 0 bridgehead atoms. The number of rotatable bonds is 5. The quantitative estimate of drug-likeness (QED) is 0.751. The van der Waals surface area contributed by atoms with Gasteiger partial charge in [0.05, 0.1) is 22.2 Å². The van der Waals surface area contributed by atoms with Gasteiger partial charge >= 0.3 is 0 Å². The molecule has 27 heavy (non-hydrogen) atoms. The first-order valence-corrected chi connectivity index (χ1v) is 12.1. The van der Waals surface area contributed by atoms with E-state index in [1.165, 1.54) is 28.6 Å². The highest BCUT2D eigenvalue weighted by molar-refractivity contribution is 7.93. The Bertz CT molecular complexity index is 1090. The van der Waals surface area contributed by atoms with Crippen molar-refractivity contribution >= 4 is 54.6 Å². The highest BCUT2D eigenvalue weighted by Crippen LogP contribution is 2.33. The van der Waals surface area contributed by atoms with E-state index in [0.29, 0.717) is 12.2 Å². The minimum Gasteiger partial charge on any atom is -0.280 e. The fourth-order valence-corrected chi connectivity index (χ4v) is 5.94. The van der Waals surface area contributed by atoms with Crippen LogP contribution in [-0.4, -0.2) is 29.1 Å². The van der Waals surface area contributed by atoms with Crippen LogP contribution in [0.1, 0.15) is 18.9 Å². The maximum Gasteiger partial charge on any atom is 0.263 e. The molecule has 0 aromatic heterocycles. The zero-order valence-electron chi connectivity index (χ0n) is 14.4. The predicted octanol–water partition coefficient (Wildman–Crippen LogP) is 3.90. The minimum absolute atomic E-state index is 0.0273. The van der Waals surface area contributed by atoms with Crippen LogP contribution in [0.15, 0.2) is 41.3 Å². The molecule has 10 heteroatoms. The average molecular weight is 449 g/mol. The van der Waals surface area contributed by atoms with E-state index in [1.807, 2.05) is 0 Å². The Balaban J connectivity index is 2.00. The summed E-state index contributed by atoms with van der Waals surface area (Å²) in [6, 6.07) is 9.05. The molecule has 1 aliphatic rings. The van der Waals surface area contributed by atoms with Gasteiger partial charge in [0.1, 0.15) is 4.90 Å². The Kier molecular flexibility index (Phi) is 5.63. The summed E-state index contributed by atoms with van der Waals surface area (Å²) in [5, 5.41) is 0.283. The molecule has 0 radical (unpaired) electrons. The van der Waals surface area contributed by atoms with E-state index in [0.717, 1.165) is 18.4 Å². The van der Waals surface area contributed by atoms with Crippen LogP contribution in [-0.2, 0) is 26.5 Å². The van der Waals surface area contributed by atoms with Crippen LogP contribution in [0.5, 0.6) is 0 Å². The minimum atomic E-state index is -3.99. The number of anilines is 2. The van der Waals surface area contributed by atoms with Crippen molar-refractivity contribution in [3.8, 4) is 0 Å². The Morgan fingerprint density at radius 2 is 1.81 bits per heavy atom. The molecule has 0 atom stereocenters. The van der Waals surface area contributed by atoms with Gasteiger partial charge in [0.2, 0.25) is 10.0 Å². The Morgan fingerprint density at radius 1 is 1.07 bits per heavy atom. The second kappa shape index (κ2) is 7.50. The first kappa shape index (κ1) is 20.3. The summed E-state index contributed by atoms with van der Waals surface area (Å²) in [7, 11) is -7.43. The van der Waals surface area contributed by atoms with E-state index >= 15 is 0 Å². The number of nitrogens with one attached hydrogen (secondary N) is 1. The molecule has 0 spiro atoms. The van der Waals surface area contributed by atoms with Crippen LogP contribution in [0.2, 0.25) is 10.0 Å². The lowest BCUT2D eigenvalue weighted by Crippen LogP contribution is -2.36. The van der Waals surface area contributed by atoms with Crippen LogP contribution >= 0.6 is 23.2 Å². The summed E-state index contributed by atoms with van der Waals surface area (Å²) < 4.78 is 53.9. The van der Waals surface area contributed by atoms with Crippen molar-refractivity contribution in [3.63, 3.8) is 0 Å². The second-order valence-corrected chi connectivity index (χ2v) is 10.8. The zero-order valence-corrected chi connectivity index (χ0v) is 17.6. The van der Waals surface area contributed by atoms with Gasteiger partial charge in [-0.1, -0.05) is 29.3 Å². The summed E-state index contributed by atoms with van der Waals surface area (Å²) in [6.07, 6.45) is 1.45. The largest absolute Gasteiger partial charge is 0.280 e. The van der Waals surface area contributed by atoms with Gasteiger partial charge in [0.15, 0.2) is 0 Å². The molecule has 146 valence electrons. The van der Waals surface area contributed by atoms with Gasteiger partial charge < -0.3 is 0 Å². The van der Waals surface area contributed by atoms with E-state index in [2.05, 4.69) is 4.72 Å². The summed E-state index contributed by atoms with van der Waals surface area (Å²) in [5.74, 6) is -0.0273. The molecule has 6 nitrogen and oxygen atoms in total. The molecule has 3 rings (SSSR count). The molecule has 0 saturated heterocycles. The highest BCUT2D eigenvalue weighted by Gasteiger charge is 2.27. The number of hydrogen-bond acceptors (Lipinski definition) is 4. The molecule has 1 N–H and O–H groups in total. The van der Waals surface area contributed by atoms with Crippen LogP contribution < -0.4 is 9.03 Å². The van der Waals surface area contributed by atoms with Crippen molar-refractivity contribution in [2.75, 3.05) is 21.3 Å². The van der Waals surface area contributed by atoms with Gasteiger partial charge in [0, 0.05) is 11.6 Å². The lowest BCUT2D eigenvalue weighted by atomic mass is 10.0. The molecule has 1 aliphatic heterocycles. The predicted molar refractivity (Wildman–Crippen MR) is 109 cm³/mol. The van der Waals surface area contributed by atoms with Crippen molar-refractivity contribution < 1.29 is 16.8 Å². The number of hydrogen-bond donors (Lipinski definition) is 1. The molecule has 0 amide bonds. The lowest BCUT2D eigenvalue weighted by molar-refractivity contribution is 0.587. The van der Waals surface area contributed by atoms with Crippen molar-refractivity contribution in [2.24, 2.45) is 0 Å². The third-order valence-electron chi connectivity index (χ3n) is 4.30. The van der Waals surface area contributed by atoms with Crippen molar-refractivity contribution in [2.45, 2.75) is 24.7 Å². The topological polar surface area (TPSA) is 83.6 Å². The lowest BCUT2D eigenvalue weighted by Gasteiger charge is -2.30. The second-order valence-electron chi connectivity index (χ2n) is 6.10. The van der Waals surface area contributed by atoms with Gasteiger partial charge in [-0.15, -0.1) is 0 Å². The smallest absolute Gasteiger partial charge is 0.263 e. The van der Waals surface area contributed by atoms with Crippen molar-refractivity contribution in [1.29, 1.82) is 0 Å². The standard InChI is InChI=1S/C17H18Cl2N2O4S2/c1-2-26(22,23)21-9-3-4-12-5-7-14(11-16(12)21)20-27(24,25)17-10-13(18)6-8-15(17)19/h5-8,10-11,20H,2-4,9H2,1H3. The number of sulfonamides is 2. The third-order valence-corrected chi connectivity index (χ3v) is 8.18. The summed E-state index contributed by atoms with van der Waals surface area (Å²) in [6.45, 7) is 1.96. The van der Waals surface area contributed by atoms with E-state index in [4.69, 9.17) is 23.2 Å². The van der Waals surface area contributed by atoms with E-state index < -0.39 is 20.0 Å². The fraction of sp³-hybridized carbons (Fsp3) is 0.294. The zero-order chi connectivity index (χ0) is 19.8. The fourth-order valence-electron chi connectivity index (χ4n) is 2.94. The number of nitrogens with zero attached hydrogens (tertiary/aromatic N) is 1. The molecule has 2 aromatic rings. The van der Waals surface area contributed by atoms with Gasteiger partial charge in [-0.25, -0.2) is 16.8 Å². The number of benzene rings is 2. The van der Waals surface area contributed by atoms with Crippen LogP contribution in [0.25, 0.3) is 0 Å². The van der Waals surface area contributed by atoms with Gasteiger partial charge in [-0.2, -0.15) is 0 Å². The van der Waals surface area contributed by atoms with Gasteiger partial charge in [0.25, 0.3) is 10.0 Å². The maximum atomic E-state index is 12.7. The summed E-state index contributed by atoms with van der Waals surface area (Å²) in [4.78, 5) is -0.146.